The molecule has 0 bridgehead atoms. The third kappa shape index (κ3) is 1.93. The van der Waals surface area contributed by atoms with Crippen molar-refractivity contribution in [3.05, 3.63) is 53.8 Å². The van der Waals surface area contributed by atoms with Crippen LogP contribution in [-0.2, 0) is 9.47 Å². The number of rotatable bonds is 1. The molecule has 1 aromatic carbocycles. The van der Waals surface area contributed by atoms with E-state index >= 15 is 0 Å². The smallest absolute Gasteiger partial charge is 0.102 e. The van der Waals surface area contributed by atoms with E-state index in [4.69, 9.17) is 9.47 Å². The lowest BCUT2D eigenvalue weighted by Gasteiger charge is -2.33. The summed E-state index contributed by atoms with van der Waals surface area (Å²) in [5.41, 5.74) is 5.41. The molecule has 1 unspecified atom stereocenters. The topological polar surface area (TPSA) is 18.5 Å². The highest BCUT2D eigenvalue weighted by Crippen LogP contribution is 2.47. The first-order chi connectivity index (χ1) is 8.84. The van der Waals surface area contributed by atoms with Crippen molar-refractivity contribution in [3.8, 4) is 0 Å². The minimum absolute atomic E-state index is 0.147. The Morgan fingerprint density at radius 1 is 1.17 bits per heavy atom. The normalized spacial score (nSPS) is 26.2. The SMILES string of the molecule is C=C=C1CC(c2ccccc2)OC12CCOCC2. The molecule has 0 aromatic heterocycles. The van der Waals surface area contributed by atoms with Crippen LogP contribution < -0.4 is 0 Å². The van der Waals surface area contributed by atoms with Gasteiger partial charge in [0.15, 0.2) is 0 Å². The number of hydrogen-bond donors (Lipinski definition) is 0. The lowest BCUT2D eigenvalue weighted by molar-refractivity contribution is -0.0908. The van der Waals surface area contributed by atoms with Crippen molar-refractivity contribution in [1.82, 2.24) is 0 Å². The van der Waals surface area contributed by atoms with Crippen LogP contribution in [0.15, 0.2) is 48.2 Å². The second kappa shape index (κ2) is 4.74. The summed E-state index contributed by atoms with van der Waals surface area (Å²) in [5.74, 6) is 0. The Kier molecular flexibility index (Phi) is 3.09. The Bertz CT molecular complexity index is 465. The van der Waals surface area contributed by atoms with Crippen LogP contribution >= 0.6 is 0 Å². The Morgan fingerprint density at radius 3 is 2.56 bits per heavy atom. The van der Waals surface area contributed by atoms with Gasteiger partial charge in [0, 0.05) is 38.0 Å². The fourth-order valence-corrected chi connectivity index (χ4v) is 2.96. The van der Waals surface area contributed by atoms with Crippen LogP contribution in [0.5, 0.6) is 0 Å². The molecule has 2 nitrogen and oxygen atoms in total. The number of hydrogen-bond acceptors (Lipinski definition) is 2. The molecule has 1 aromatic rings. The van der Waals surface area contributed by atoms with Crippen molar-refractivity contribution in [1.29, 1.82) is 0 Å². The molecular weight excluding hydrogens is 224 g/mol. The zero-order chi connectivity index (χ0) is 12.4. The summed E-state index contributed by atoms with van der Waals surface area (Å²) in [6.07, 6.45) is 2.91. The molecule has 94 valence electrons. The van der Waals surface area contributed by atoms with E-state index in [2.05, 4.69) is 36.6 Å². The Morgan fingerprint density at radius 2 is 1.89 bits per heavy atom. The maximum Gasteiger partial charge on any atom is 0.102 e. The van der Waals surface area contributed by atoms with Gasteiger partial charge >= 0.3 is 0 Å². The van der Waals surface area contributed by atoms with Crippen molar-refractivity contribution in [3.63, 3.8) is 0 Å². The highest BCUT2D eigenvalue weighted by molar-refractivity contribution is 5.28. The molecule has 1 spiro atoms. The molecule has 0 saturated carbocycles. The average Bonchev–Trinajstić information content (AvgIpc) is 2.79. The van der Waals surface area contributed by atoms with Gasteiger partial charge < -0.3 is 9.47 Å². The maximum absolute atomic E-state index is 6.36. The van der Waals surface area contributed by atoms with E-state index < -0.39 is 0 Å². The molecule has 2 aliphatic rings. The van der Waals surface area contributed by atoms with E-state index in [-0.39, 0.29) is 11.7 Å². The van der Waals surface area contributed by atoms with Crippen molar-refractivity contribution in [2.45, 2.75) is 31.0 Å². The van der Waals surface area contributed by atoms with Gasteiger partial charge in [-0.05, 0) is 5.56 Å². The van der Waals surface area contributed by atoms with Crippen LogP contribution in [0.1, 0.15) is 30.9 Å². The summed E-state index contributed by atoms with van der Waals surface area (Å²) in [5, 5.41) is 0. The molecule has 0 radical (unpaired) electrons. The summed E-state index contributed by atoms with van der Waals surface area (Å²) >= 11 is 0. The Hall–Kier alpha value is -1.34. The van der Waals surface area contributed by atoms with Gasteiger partial charge in [-0.3, -0.25) is 0 Å². The molecule has 2 heteroatoms. The standard InChI is InChI=1S/C16H18O2/c1-2-14-12-15(13-6-4-3-5-7-13)18-16(14)8-10-17-11-9-16/h3-7,15H,1,8-12H2. The Balaban J connectivity index is 1.88. The third-order valence-corrected chi connectivity index (χ3v) is 3.99. The first-order valence-electron chi connectivity index (χ1n) is 6.54. The molecule has 0 aliphatic carbocycles. The van der Waals surface area contributed by atoms with E-state index in [1.54, 1.807) is 0 Å². The fourth-order valence-electron chi connectivity index (χ4n) is 2.96. The highest BCUT2D eigenvalue weighted by Gasteiger charge is 2.45. The fraction of sp³-hybridized carbons (Fsp3) is 0.438. The third-order valence-electron chi connectivity index (χ3n) is 3.99. The summed E-state index contributed by atoms with van der Waals surface area (Å²) in [4.78, 5) is 0. The quantitative estimate of drug-likeness (QED) is 0.703. The second-order valence-electron chi connectivity index (χ2n) is 4.98. The van der Waals surface area contributed by atoms with Gasteiger partial charge in [-0.15, -0.1) is 5.73 Å². The van der Waals surface area contributed by atoms with Crippen LogP contribution in [0, 0.1) is 0 Å². The molecule has 0 N–H and O–H groups in total. The van der Waals surface area contributed by atoms with E-state index in [9.17, 15) is 0 Å². The van der Waals surface area contributed by atoms with Crippen molar-refractivity contribution < 1.29 is 9.47 Å². The summed E-state index contributed by atoms with van der Waals surface area (Å²) in [7, 11) is 0. The van der Waals surface area contributed by atoms with Crippen molar-refractivity contribution in [2.75, 3.05) is 13.2 Å². The summed E-state index contributed by atoms with van der Waals surface area (Å²) in [6.45, 7) is 5.38. The van der Waals surface area contributed by atoms with Gasteiger partial charge in [0.1, 0.15) is 5.60 Å². The number of benzene rings is 1. The maximum atomic E-state index is 6.36. The van der Waals surface area contributed by atoms with E-state index in [0.29, 0.717) is 0 Å². The van der Waals surface area contributed by atoms with Crippen LogP contribution in [0.4, 0.5) is 0 Å². The predicted molar refractivity (Wildman–Crippen MR) is 70.3 cm³/mol. The molecule has 1 atom stereocenters. The molecule has 2 aliphatic heterocycles. The zero-order valence-electron chi connectivity index (χ0n) is 10.5. The summed E-state index contributed by atoms with van der Waals surface area (Å²) in [6, 6.07) is 10.4. The van der Waals surface area contributed by atoms with Gasteiger partial charge in [0.05, 0.1) is 6.10 Å². The van der Waals surface area contributed by atoms with Gasteiger partial charge in [0.25, 0.3) is 0 Å². The minimum atomic E-state index is -0.166. The van der Waals surface area contributed by atoms with Gasteiger partial charge in [-0.2, -0.15) is 0 Å². The molecule has 2 saturated heterocycles. The molecule has 18 heavy (non-hydrogen) atoms. The first-order valence-corrected chi connectivity index (χ1v) is 6.54. The van der Waals surface area contributed by atoms with E-state index in [1.807, 2.05) is 6.07 Å². The lowest BCUT2D eigenvalue weighted by Crippen LogP contribution is -2.36. The number of ether oxygens (including phenoxy) is 2. The van der Waals surface area contributed by atoms with Crippen molar-refractivity contribution in [2.24, 2.45) is 0 Å². The minimum Gasteiger partial charge on any atom is -0.381 e. The van der Waals surface area contributed by atoms with Gasteiger partial charge in [-0.1, -0.05) is 36.9 Å². The van der Waals surface area contributed by atoms with Crippen molar-refractivity contribution >= 4 is 0 Å². The molecule has 3 rings (SSSR count). The lowest BCUT2D eigenvalue weighted by atomic mass is 9.86. The van der Waals surface area contributed by atoms with Gasteiger partial charge in [-0.25, -0.2) is 0 Å². The van der Waals surface area contributed by atoms with Gasteiger partial charge in [0.2, 0.25) is 0 Å². The highest BCUT2D eigenvalue weighted by atomic mass is 16.5. The summed E-state index contributed by atoms with van der Waals surface area (Å²) < 4.78 is 11.8. The van der Waals surface area contributed by atoms with Crippen LogP contribution in [0.2, 0.25) is 0 Å². The van der Waals surface area contributed by atoms with Crippen LogP contribution in [0.25, 0.3) is 0 Å². The zero-order valence-corrected chi connectivity index (χ0v) is 10.5. The molecule has 2 fully saturated rings. The molecule has 0 amide bonds. The van der Waals surface area contributed by atoms with E-state index in [0.717, 1.165) is 32.5 Å². The molecule has 2 heterocycles. The van der Waals surface area contributed by atoms with E-state index in [1.165, 1.54) is 11.1 Å². The largest absolute Gasteiger partial charge is 0.381 e. The first kappa shape index (κ1) is 11.7. The predicted octanol–water partition coefficient (Wildman–Crippen LogP) is 3.41. The van der Waals surface area contributed by atoms with Crippen LogP contribution in [0.3, 0.4) is 0 Å². The Labute approximate surface area is 108 Å². The molecular formula is C16H18O2. The average molecular weight is 242 g/mol. The monoisotopic (exact) mass is 242 g/mol. The second-order valence-corrected chi connectivity index (χ2v) is 4.98. The van der Waals surface area contributed by atoms with Crippen LogP contribution in [-0.4, -0.2) is 18.8 Å².